The molecule has 0 saturated heterocycles. The number of anilines is 3. The van der Waals surface area contributed by atoms with E-state index >= 15 is 0 Å². The summed E-state index contributed by atoms with van der Waals surface area (Å²) in [4.78, 5) is 28.0. The van der Waals surface area contributed by atoms with Crippen LogP contribution in [0.4, 0.5) is 17.2 Å². The number of para-hydroxylation sites is 1. The van der Waals surface area contributed by atoms with Gasteiger partial charge in [-0.1, -0.05) is 24.3 Å². The van der Waals surface area contributed by atoms with Crippen LogP contribution in [0.25, 0.3) is 0 Å². The highest BCUT2D eigenvalue weighted by molar-refractivity contribution is 5.99. The van der Waals surface area contributed by atoms with E-state index < -0.39 is 5.91 Å². The summed E-state index contributed by atoms with van der Waals surface area (Å²) in [5, 5.41) is 5.89. The molecule has 3 rings (SSSR count). The number of benzene rings is 2. The van der Waals surface area contributed by atoms with Crippen molar-refractivity contribution in [2.24, 2.45) is 5.73 Å². The molecule has 0 aliphatic rings. The Morgan fingerprint density at radius 1 is 1.07 bits per heavy atom. The summed E-state index contributed by atoms with van der Waals surface area (Å²) >= 11 is 0. The van der Waals surface area contributed by atoms with Crippen molar-refractivity contribution in [1.29, 1.82) is 0 Å². The molecule has 2 aromatic carbocycles. The van der Waals surface area contributed by atoms with Crippen molar-refractivity contribution in [1.82, 2.24) is 4.98 Å². The highest BCUT2D eigenvalue weighted by Gasteiger charge is 2.09. The van der Waals surface area contributed by atoms with E-state index in [9.17, 15) is 9.59 Å². The van der Waals surface area contributed by atoms with E-state index in [0.717, 1.165) is 11.3 Å². The number of carbonyl (C=O) groups is 2. The summed E-state index contributed by atoms with van der Waals surface area (Å²) in [6, 6.07) is 17.6. The molecule has 0 atom stereocenters. The molecule has 1 aromatic heterocycles. The topological polar surface area (TPSA) is 106 Å². The molecule has 0 spiro atoms. The zero-order valence-corrected chi connectivity index (χ0v) is 15.3. The van der Waals surface area contributed by atoms with E-state index in [2.05, 4.69) is 15.6 Å². The molecule has 1 heterocycles. The smallest absolute Gasteiger partial charge is 0.250 e. The SMILES string of the molecule is COc1ccc(CC(=O)Nc2cc(Nc3ccccc3C(N)=O)ccn2)cc1. The number of carbonyl (C=O) groups excluding carboxylic acids is 2. The zero-order chi connectivity index (χ0) is 19.9. The molecular weight excluding hydrogens is 356 g/mol. The first kappa shape index (κ1) is 18.9. The third-order valence-electron chi connectivity index (χ3n) is 4.02. The molecule has 2 amide bonds. The molecule has 7 nitrogen and oxygen atoms in total. The number of nitrogens with zero attached hydrogens (tertiary/aromatic N) is 1. The summed E-state index contributed by atoms with van der Waals surface area (Å²) in [5.41, 5.74) is 7.89. The van der Waals surface area contributed by atoms with Crippen LogP contribution in [0.3, 0.4) is 0 Å². The third kappa shape index (κ3) is 4.85. The molecule has 0 unspecified atom stereocenters. The molecule has 4 N–H and O–H groups in total. The fraction of sp³-hybridized carbons (Fsp3) is 0.0952. The maximum absolute atomic E-state index is 12.3. The van der Waals surface area contributed by atoms with E-state index in [1.165, 1.54) is 0 Å². The highest BCUT2D eigenvalue weighted by Crippen LogP contribution is 2.22. The van der Waals surface area contributed by atoms with Crippen molar-refractivity contribution in [2.75, 3.05) is 17.7 Å². The molecule has 0 fully saturated rings. The van der Waals surface area contributed by atoms with Crippen LogP contribution in [0, 0.1) is 0 Å². The van der Waals surface area contributed by atoms with Gasteiger partial charge < -0.3 is 21.1 Å². The number of aromatic nitrogens is 1. The monoisotopic (exact) mass is 376 g/mol. The van der Waals surface area contributed by atoms with Crippen LogP contribution >= 0.6 is 0 Å². The summed E-state index contributed by atoms with van der Waals surface area (Å²) in [6.07, 6.45) is 1.78. The zero-order valence-electron chi connectivity index (χ0n) is 15.3. The molecule has 0 bridgehead atoms. The first-order valence-electron chi connectivity index (χ1n) is 8.60. The van der Waals surface area contributed by atoms with Crippen LogP contribution in [0.2, 0.25) is 0 Å². The molecule has 28 heavy (non-hydrogen) atoms. The Morgan fingerprint density at radius 3 is 2.54 bits per heavy atom. The van der Waals surface area contributed by atoms with Gasteiger partial charge >= 0.3 is 0 Å². The molecule has 3 aromatic rings. The minimum atomic E-state index is -0.523. The second-order valence-corrected chi connectivity index (χ2v) is 6.04. The molecule has 0 aliphatic carbocycles. The Bertz CT molecular complexity index is 987. The number of primary amides is 1. The fourth-order valence-electron chi connectivity index (χ4n) is 2.65. The van der Waals surface area contributed by atoms with E-state index in [-0.39, 0.29) is 12.3 Å². The Labute approximate surface area is 162 Å². The Balaban J connectivity index is 1.67. The average molecular weight is 376 g/mol. The predicted octanol–water partition coefficient (Wildman–Crippen LogP) is 3.11. The van der Waals surface area contributed by atoms with Crippen molar-refractivity contribution in [2.45, 2.75) is 6.42 Å². The van der Waals surface area contributed by atoms with Gasteiger partial charge in [0.25, 0.3) is 5.91 Å². The van der Waals surface area contributed by atoms with Crippen LogP contribution in [-0.2, 0) is 11.2 Å². The van der Waals surface area contributed by atoms with Crippen LogP contribution in [-0.4, -0.2) is 23.9 Å². The normalized spacial score (nSPS) is 10.2. The first-order valence-corrected chi connectivity index (χ1v) is 8.60. The Hall–Kier alpha value is -3.87. The second kappa shape index (κ2) is 8.68. The Morgan fingerprint density at radius 2 is 1.82 bits per heavy atom. The van der Waals surface area contributed by atoms with Gasteiger partial charge in [0, 0.05) is 18.0 Å². The quantitative estimate of drug-likeness (QED) is 0.587. The minimum absolute atomic E-state index is 0.188. The van der Waals surface area contributed by atoms with Crippen molar-refractivity contribution in [3.8, 4) is 5.75 Å². The number of methoxy groups -OCH3 is 1. The number of nitrogens with two attached hydrogens (primary N) is 1. The first-order chi connectivity index (χ1) is 13.5. The maximum atomic E-state index is 12.3. The fourth-order valence-corrected chi connectivity index (χ4v) is 2.65. The number of hydrogen-bond acceptors (Lipinski definition) is 5. The number of nitrogens with one attached hydrogen (secondary N) is 2. The summed E-state index contributed by atoms with van der Waals surface area (Å²) in [6.45, 7) is 0. The molecule has 0 aliphatic heterocycles. The lowest BCUT2D eigenvalue weighted by Crippen LogP contribution is -2.15. The van der Waals surface area contributed by atoms with E-state index in [0.29, 0.717) is 22.8 Å². The lowest BCUT2D eigenvalue weighted by molar-refractivity contribution is -0.115. The highest BCUT2D eigenvalue weighted by atomic mass is 16.5. The molecule has 142 valence electrons. The molecule has 0 radical (unpaired) electrons. The van der Waals surface area contributed by atoms with Crippen LogP contribution in [0.15, 0.2) is 66.9 Å². The Kier molecular flexibility index (Phi) is 5.86. The van der Waals surface area contributed by atoms with Crippen molar-refractivity contribution >= 4 is 29.0 Å². The summed E-state index contributed by atoms with van der Waals surface area (Å²) < 4.78 is 5.11. The van der Waals surface area contributed by atoms with Gasteiger partial charge in [-0.3, -0.25) is 9.59 Å². The van der Waals surface area contributed by atoms with Gasteiger partial charge in [-0.25, -0.2) is 4.98 Å². The molecule has 0 saturated carbocycles. The lowest BCUT2D eigenvalue weighted by Gasteiger charge is -2.11. The largest absolute Gasteiger partial charge is 0.497 e. The number of pyridine rings is 1. The van der Waals surface area contributed by atoms with Crippen LogP contribution in [0.5, 0.6) is 5.75 Å². The van der Waals surface area contributed by atoms with Crippen LogP contribution in [0.1, 0.15) is 15.9 Å². The van der Waals surface area contributed by atoms with E-state index in [4.69, 9.17) is 10.5 Å². The lowest BCUT2D eigenvalue weighted by atomic mass is 10.1. The average Bonchev–Trinajstić information content (AvgIpc) is 2.69. The number of amides is 2. The van der Waals surface area contributed by atoms with Crippen molar-refractivity contribution < 1.29 is 14.3 Å². The van der Waals surface area contributed by atoms with Gasteiger partial charge in [-0.05, 0) is 35.9 Å². The van der Waals surface area contributed by atoms with Gasteiger partial charge in [0.1, 0.15) is 11.6 Å². The van der Waals surface area contributed by atoms with Crippen LogP contribution < -0.4 is 21.1 Å². The van der Waals surface area contributed by atoms with Gasteiger partial charge in [-0.2, -0.15) is 0 Å². The van der Waals surface area contributed by atoms with Gasteiger partial charge in [-0.15, -0.1) is 0 Å². The van der Waals surface area contributed by atoms with Gasteiger partial charge in [0.05, 0.1) is 24.8 Å². The van der Waals surface area contributed by atoms with Gasteiger partial charge in [0.15, 0.2) is 0 Å². The van der Waals surface area contributed by atoms with E-state index in [1.807, 2.05) is 24.3 Å². The summed E-state index contributed by atoms with van der Waals surface area (Å²) in [5.74, 6) is 0.429. The number of rotatable bonds is 7. The maximum Gasteiger partial charge on any atom is 0.250 e. The summed E-state index contributed by atoms with van der Waals surface area (Å²) in [7, 11) is 1.59. The number of ether oxygens (including phenoxy) is 1. The molecule has 7 heteroatoms. The predicted molar refractivity (Wildman–Crippen MR) is 108 cm³/mol. The second-order valence-electron chi connectivity index (χ2n) is 6.04. The standard InChI is InChI=1S/C21H20N4O3/c1-28-16-8-6-14(7-9-16)12-20(26)25-19-13-15(10-11-23-19)24-18-5-3-2-4-17(18)21(22)27/h2-11,13H,12H2,1H3,(H2,22,27)(H2,23,24,25,26). The third-order valence-corrected chi connectivity index (χ3v) is 4.02. The minimum Gasteiger partial charge on any atom is -0.497 e. The van der Waals surface area contributed by atoms with Gasteiger partial charge in [0.2, 0.25) is 5.91 Å². The number of hydrogen-bond donors (Lipinski definition) is 3. The van der Waals surface area contributed by atoms with Crippen molar-refractivity contribution in [3.63, 3.8) is 0 Å². The molecular formula is C21H20N4O3. The van der Waals surface area contributed by atoms with Crippen molar-refractivity contribution in [3.05, 3.63) is 78.0 Å². The van der Waals surface area contributed by atoms with E-state index in [1.54, 1.807) is 49.7 Å².